The molecule has 13 heavy (non-hydrogen) atoms. The lowest BCUT2D eigenvalue weighted by molar-refractivity contribution is 0.188. The first-order valence-corrected chi connectivity index (χ1v) is 3.70. The Balaban J connectivity index is 2.97. The van der Waals surface area contributed by atoms with Gasteiger partial charge in [-0.1, -0.05) is 0 Å². The fourth-order valence-electron chi connectivity index (χ4n) is 1.22. The quantitative estimate of drug-likeness (QED) is 0.597. The first-order chi connectivity index (χ1) is 6.09. The molecule has 0 amide bonds. The monoisotopic (exact) mass is 182 g/mol. The Bertz CT molecular complexity index is 527. The van der Waals surface area contributed by atoms with Crippen molar-refractivity contribution in [2.24, 2.45) is 0 Å². The second kappa shape index (κ2) is 2.35. The fraction of sp³-hybridized carbons (Fsp3) is 0.125. The number of H-pyrrole nitrogens is 1. The summed E-state index contributed by atoms with van der Waals surface area (Å²) >= 11 is 0. The van der Waals surface area contributed by atoms with Gasteiger partial charge in [-0.05, 0) is 18.6 Å². The molecular weight excluding hydrogens is 175 g/mol. The molecule has 0 fully saturated rings. The Morgan fingerprint density at radius 2 is 2.23 bits per heavy atom. The van der Waals surface area contributed by atoms with Gasteiger partial charge in [-0.3, -0.25) is 0 Å². The molecule has 0 saturated carbocycles. The molecule has 0 aliphatic carbocycles. The van der Waals surface area contributed by atoms with E-state index in [-0.39, 0.29) is 5.52 Å². The van der Waals surface area contributed by atoms with Gasteiger partial charge in [0.25, 0.3) is 0 Å². The van der Waals surface area contributed by atoms with Crippen LogP contribution in [0, 0.1) is 12.7 Å². The second-order valence-electron chi connectivity index (χ2n) is 2.86. The molecule has 4 nitrogen and oxygen atoms in total. The van der Waals surface area contributed by atoms with Crippen LogP contribution in [0.25, 0.3) is 11.0 Å². The molecule has 0 atom stereocenters. The lowest BCUT2D eigenvalue weighted by atomic mass is 10.2. The standard InChI is InChI=1S/C8H7FN2O2/c1-4-2-6-7(3-5(4)9)11(13)8(12)10-6/h2-3,13H,1H3,(H,10,12). The Hall–Kier alpha value is -1.78. The minimum absolute atomic E-state index is 0.146. The normalized spacial score (nSPS) is 10.9. The lowest BCUT2D eigenvalue weighted by Gasteiger charge is -1.96. The van der Waals surface area contributed by atoms with E-state index in [1.807, 2.05) is 0 Å². The van der Waals surface area contributed by atoms with Crippen LogP contribution < -0.4 is 5.69 Å². The van der Waals surface area contributed by atoms with Gasteiger partial charge in [0.05, 0.1) is 5.52 Å². The van der Waals surface area contributed by atoms with E-state index in [2.05, 4.69) is 4.98 Å². The van der Waals surface area contributed by atoms with Crippen molar-refractivity contribution in [2.45, 2.75) is 6.92 Å². The van der Waals surface area contributed by atoms with Gasteiger partial charge >= 0.3 is 5.69 Å². The number of fused-ring (bicyclic) bond motifs is 1. The molecule has 0 spiro atoms. The predicted octanol–water partition coefficient (Wildman–Crippen LogP) is 1.01. The van der Waals surface area contributed by atoms with E-state index in [1.54, 1.807) is 6.92 Å². The predicted molar refractivity (Wildman–Crippen MR) is 44.4 cm³/mol. The van der Waals surface area contributed by atoms with Gasteiger partial charge in [-0.2, -0.15) is 0 Å². The third-order valence-corrected chi connectivity index (χ3v) is 1.94. The van der Waals surface area contributed by atoms with E-state index in [0.29, 0.717) is 15.8 Å². The summed E-state index contributed by atoms with van der Waals surface area (Å²) in [7, 11) is 0. The number of nitrogens with one attached hydrogen (secondary N) is 1. The van der Waals surface area contributed by atoms with Gasteiger partial charge in [-0.25, -0.2) is 9.18 Å². The average molecular weight is 182 g/mol. The Morgan fingerprint density at radius 1 is 1.54 bits per heavy atom. The van der Waals surface area contributed by atoms with Crippen molar-refractivity contribution in [1.82, 2.24) is 9.71 Å². The van der Waals surface area contributed by atoms with Crippen LogP contribution in [0.4, 0.5) is 4.39 Å². The molecule has 0 aliphatic rings. The van der Waals surface area contributed by atoms with Crippen LogP contribution in [0.2, 0.25) is 0 Å². The highest BCUT2D eigenvalue weighted by Gasteiger charge is 2.07. The van der Waals surface area contributed by atoms with Crippen molar-refractivity contribution in [3.8, 4) is 0 Å². The summed E-state index contributed by atoms with van der Waals surface area (Å²) in [6.45, 7) is 1.59. The summed E-state index contributed by atoms with van der Waals surface area (Å²) in [5, 5.41) is 9.12. The van der Waals surface area contributed by atoms with Crippen molar-refractivity contribution >= 4 is 11.0 Å². The molecular formula is C8H7FN2O2. The molecule has 2 aromatic rings. The molecule has 0 saturated heterocycles. The molecule has 0 aliphatic heterocycles. The molecule has 68 valence electrons. The SMILES string of the molecule is Cc1cc2[nH]c(=O)n(O)c2cc1F. The van der Waals surface area contributed by atoms with E-state index >= 15 is 0 Å². The van der Waals surface area contributed by atoms with Crippen molar-refractivity contribution in [3.05, 3.63) is 34.0 Å². The number of halogens is 1. The maximum Gasteiger partial charge on any atom is 0.359 e. The van der Waals surface area contributed by atoms with Gasteiger partial charge in [0, 0.05) is 6.07 Å². The molecule has 1 heterocycles. The number of nitrogens with zero attached hydrogens (tertiary/aromatic N) is 1. The zero-order valence-corrected chi connectivity index (χ0v) is 6.84. The molecule has 5 heteroatoms. The topological polar surface area (TPSA) is 58.0 Å². The largest absolute Gasteiger partial charge is 0.424 e. The number of aromatic nitrogens is 2. The third kappa shape index (κ3) is 1.00. The zero-order chi connectivity index (χ0) is 9.59. The molecule has 1 aromatic heterocycles. The van der Waals surface area contributed by atoms with Crippen molar-refractivity contribution in [2.75, 3.05) is 0 Å². The van der Waals surface area contributed by atoms with Gasteiger partial charge in [0.15, 0.2) is 0 Å². The molecule has 0 bridgehead atoms. The van der Waals surface area contributed by atoms with E-state index in [4.69, 9.17) is 5.21 Å². The highest BCUT2D eigenvalue weighted by Crippen LogP contribution is 2.14. The summed E-state index contributed by atoms with van der Waals surface area (Å²) < 4.78 is 13.4. The minimum atomic E-state index is -0.667. The number of hydrogen-bond acceptors (Lipinski definition) is 2. The molecule has 0 unspecified atom stereocenters. The number of aromatic amines is 1. The van der Waals surface area contributed by atoms with Crippen LogP contribution in [-0.4, -0.2) is 14.9 Å². The third-order valence-electron chi connectivity index (χ3n) is 1.94. The van der Waals surface area contributed by atoms with Crippen LogP contribution in [0.1, 0.15) is 5.56 Å². The fourth-order valence-corrected chi connectivity index (χ4v) is 1.22. The van der Waals surface area contributed by atoms with Crippen LogP contribution in [0.3, 0.4) is 0 Å². The molecule has 2 rings (SSSR count). The summed E-state index contributed by atoms with van der Waals surface area (Å²) in [4.78, 5) is 13.3. The highest BCUT2D eigenvalue weighted by molar-refractivity contribution is 5.75. The van der Waals surface area contributed by atoms with E-state index in [1.165, 1.54) is 6.07 Å². The Kier molecular flexibility index (Phi) is 1.42. The number of imidazole rings is 1. The average Bonchev–Trinajstić information content (AvgIpc) is 2.32. The van der Waals surface area contributed by atoms with E-state index in [0.717, 1.165) is 6.07 Å². The van der Waals surface area contributed by atoms with Gasteiger partial charge < -0.3 is 10.2 Å². The summed E-state index contributed by atoms with van der Waals surface area (Å²) in [5.41, 5.74) is 0.328. The van der Waals surface area contributed by atoms with E-state index < -0.39 is 11.5 Å². The first kappa shape index (κ1) is 7.85. The maximum absolute atomic E-state index is 13.0. The van der Waals surface area contributed by atoms with Crippen molar-refractivity contribution in [3.63, 3.8) is 0 Å². The van der Waals surface area contributed by atoms with Crippen molar-refractivity contribution in [1.29, 1.82) is 0 Å². The first-order valence-electron chi connectivity index (χ1n) is 3.70. The number of hydrogen-bond donors (Lipinski definition) is 2. The van der Waals surface area contributed by atoms with Crippen molar-refractivity contribution < 1.29 is 9.60 Å². The van der Waals surface area contributed by atoms with Crippen LogP contribution in [-0.2, 0) is 0 Å². The summed E-state index contributed by atoms with van der Waals surface area (Å²) in [6.07, 6.45) is 0. The molecule has 0 radical (unpaired) electrons. The Morgan fingerprint density at radius 3 is 2.92 bits per heavy atom. The number of benzene rings is 1. The van der Waals surface area contributed by atoms with Gasteiger partial charge in [-0.15, -0.1) is 4.73 Å². The molecule has 1 aromatic carbocycles. The number of aryl methyl sites for hydroxylation is 1. The highest BCUT2D eigenvalue weighted by atomic mass is 19.1. The second-order valence-corrected chi connectivity index (χ2v) is 2.86. The summed E-state index contributed by atoms with van der Waals surface area (Å²) in [5.74, 6) is -0.450. The Labute approximate surface area is 72.2 Å². The zero-order valence-electron chi connectivity index (χ0n) is 6.84. The van der Waals surface area contributed by atoms with Crippen LogP contribution >= 0.6 is 0 Å². The minimum Gasteiger partial charge on any atom is -0.424 e. The van der Waals surface area contributed by atoms with Crippen LogP contribution in [0.15, 0.2) is 16.9 Å². The summed E-state index contributed by atoms with van der Waals surface area (Å²) in [6, 6.07) is 2.58. The maximum atomic E-state index is 13.0. The van der Waals surface area contributed by atoms with Crippen LogP contribution in [0.5, 0.6) is 0 Å². The van der Waals surface area contributed by atoms with Gasteiger partial charge in [0.2, 0.25) is 0 Å². The lowest BCUT2D eigenvalue weighted by Crippen LogP contribution is -2.12. The van der Waals surface area contributed by atoms with E-state index in [9.17, 15) is 9.18 Å². The smallest absolute Gasteiger partial charge is 0.359 e. The van der Waals surface area contributed by atoms with Gasteiger partial charge in [0.1, 0.15) is 11.3 Å². The number of rotatable bonds is 0. The molecule has 2 N–H and O–H groups in total.